The van der Waals surface area contributed by atoms with Crippen LogP contribution in [0.1, 0.15) is 12.8 Å². The Hall–Kier alpha value is 1.55. The van der Waals surface area contributed by atoms with Gasteiger partial charge in [0.1, 0.15) is 7.83 Å². The van der Waals surface area contributed by atoms with Crippen LogP contribution in [-0.4, -0.2) is 35.0 Å². The molecule has 0 aromatic heterocycles. The zero-order valence-corrected chi connectivity index (χ0v) is 11.9. The van der Waals surface area contributed by atoms with Gasteiger partial charge in [0.05, 0.1) is 10.8 Å². The van der Waals surface area contributed by atoms with Crippen LogP contribution < -0.4 is 0 Å². The molecule has 6 heteroatoms. The number of hydrogen-bond donors (Lipinski definition) is 0. The molecule has 0 aliphatic carbocycles. The van der Waals surface area contributed by atoms with Gasteiger partial charge in [0.15, 0.2) is 0 Å². The van der Waals surface area contributed by atoms with E-state index in [-0.39, 0.29) is 0 Å². The predicted molar refractivity (Wildman–Crippen MR) is 74.8 cm³/mol. The fourth-order valence-corrected chi connectivity index (χ4v) is 11.3. The van der Waals surface area contributed by atoms with Crippen molar-refractivity contribution in [1.82, 2.24) is 0 Å². The minimum absolute atomic E-state index is 0.354. The summed E-state index contributed by atoms with van der Waals surface area (Å²) in [7, 11) is -0.641. The highest BCUT2D eigenvalue weighted by molar-refractivity contribution is 8.36. The zero-order chi connectivity index (χ0) is 9.80. The molecular weight excluding hydrogens is 272 g/mol. The number of rotatable bonds is 2. The second kappa shape index (κ2) is 6.33. The van der Waals surface area contributed by atoms with Crippen molar-refractivity contribution in [2.24, 2.45) is 0 Å². The molecule has 2 fully saturated rings. The van der Waals surface area contributed by atoms with Crippen LogP contribution in [0.4, 0.5) is 0 Å². The van der Waals surface area contributed by atoms with E-state index in [1.165, 1.54) is 35.9 Å². The molecule has 2 aliphatic heterocycles. The monoisotopic (exact) mass is 286 g/mol. The summed E-state index contributed by atoms with van der Waals surface area (Å²) in [5.41, 5.74) is 0. The first kappa shape index (κ1) is 12.0. The van der Waals surface area contributed by atoms with Crippen LogP contribution in [0.2, 0.25) is 0 Å². The molecule has 0 radical (unpaired) electrons. The fourth-order valence-electron chi connectivity index (χ4n) is 1.29. The standard InChI is InChI=1S/C8H14OS5/c9-14(7-10-3-1-4-11-7)8-12-5-2-6-13-8/h7-8H,1-6H2. The lowest BCUT2D eigenvalue weighted by molar-refractivity contribution is 0.687. The van der Waals surface area contributed by atoms with Gasteiger partial charge in [-0.1, -0.05) is 0 Å². The van der Waals surface area contributed by atoms with Gasteiger partial charge in [-0.3, -0.25) is 4.21 Å². The normalized spacial score (nSPS) is 26.9. The third-order valence-electron chi connectivity index (χ3n) is 1.97. The lowest BCUT2D eigenvalue weighted by atomic mass is 10.6. The molecule has 2 rings (SSSR count). The van der Waals surface area contributed by atoms with Crippen LogP contribution in [0.3, 0.4) is 0 Å². The highest BCUT2D eigenvalue weighted by Crippen LogP contribution is 2.41. The molecule has 2 aliphatic rings. The second-order valence-electron chi connectivity index (χ2n) is 3.10. The SMILES string of the molecule is O=S(C1SCCCS1)C1SCCCS1. The van der Waals surface area contributed by atoms with Gasteiger partial charge in [-0.25, -0.2) is 0 Å². The van der Waals surface area contributed by atoms with Crippen molar-refractivity contribution in [3.8, 4) is 0 Å². The molecule has 0 saturated carbocycles. The molecule has 1 nitrogen and oxygen atoms in total. The zero-order valence-electron chi connectivity index (χ0n) is 7.85. The van der Waals surface area contributed by atoms with Crippen molar-refractivity contribution in [2.75, 3.05) is 23.0 Å². The van der Waals surface area contributed by atoms with Crippen molar-refractivity contribution in [2.45, 2.75) is 20.7 Å². The Morgan fingerprint density at radius 2 is 1.14 bits per heavy atom. The van der Waals surface area contributed by atoms with E-state index in [1.807, 2.05) is 47.0 Å². The van der Waals surface area contributed by atoms with Gasteiger partial charge in [-0.2, -0.15) is 0 Å². The molecule has 0 aromatic carbocycles. The highest BCUT2D eigenvalue weighted by atomic mass is 32.3. The predicted octanol–water partition coefficient (Wildman–Crippen LogP) is 3.04. The van der Waals surface area contributed by atoms with Crippen molar-refractivity contribution in [3.63, 3.8) is 0 Å². The maximum Gasteiger partial charge on any atom is 0.127 e. The molecule has 0 atom stereocenters. The molecule has 0 N–H and O–H groups in total. The summed E-state index contributed by atoms with van der Waals surface area (Å²) >= 11 is 7.60. The first-order valence-electron chi connectivity index (χ1n) is 4.74. The van der Waals surface area contributed by atoms with Crippen LogP contribution in [0.25, 0.3) is 0 Å². The van der Waals surface area contributed by atoms with Crippen LogP contribution in [0.5, 0.6) is 0 Å². The van der Waals surface area contributed by atoms with Crippen LogP contribution in [0.15, 0.2) is 0 Å². The van der Waals surface area contributed by atoms with Crippen molar-refractivity contribution >= 4 is 57.8 Å². The Bertz CT molecular complexity index is 178. The van der Waals surface area contributed by atoms with E-state index < -0.39 is 10.8 Å². The molecule has 0 spiro atoms. The maximum atomic E-state index is 12.2. The van der Waals surface area contributed by atoms with Gasteiger partial charge < -0.3 is 0 Å². The Kier molecular flexibility index (Phi) is 5.43. The maximum absolute atomic E-state index is 12.2. The fraction of sp³-hybridized carbons (Fsp3) is 1.00. The van der Waals surface area contributed by atoms with E-state index in [1.54, 1.807) is 0 Å². The Labute approximate surface area is 105 Å². The van der Waals surface area contributed by atoms with E-state index in [2.05, 4.69) is 0 Å². The molecule has 0 unspecified atom stereocenters. The summed E-state index contributed by atoms with van der Waals surface area (Å²) in [6, 6.07) is 0. The number of thioether (sulfide) groups is 4. The quantitative estimate of drug-likeness (QED) is 0.774. The number of hydrogen-bond acceptors (Lipinski definition) is 5. The minimum atomic E-state index is -0.641. The van der Waals surface area contributed by atoms with Crippen LogP contribution in [-0.2, 0) is 10.8 Å². The Morgan fingerprint density at radius 1 is 0.786 bits per heavy atom. The highest BCUT2D eigenvalue weighted by Gasteiger charge is 2.29. The molecule has 82 valence electrons. The largest absolute Gasteiger partial charge is 0.256 e. The van der Waals surface area contributed by atoms with Gasteiger partial charge in [0.2, 0.25) is 0 Å². The van der Waals surface area contributed by atoms with Crippen LogP contribution >= 0.6 is 47.0 Å². The molecule has 2 heterocycles. The minimum Gasteiger partial charge on any atom is -0.256 e. The van der Waals surface area contributed by atoms with E-state index in [9.17, 15) is 4.21 Å². The third kappa shape index (κ3) is 3.27. The summed E-state index contributed by atoms with van der Waals surface area (Å²) in [5.74, 6) is 4.80. The second-order valence-corrected chi connectivity index (χ2v) is 11.3. The summed E-state index contributed by atoms with van der Waals surface area (Å²) in [6.07, 6.45) is 2.57. The van der Waals surface area contributed by atoms with Crippen molar-refractivity contribution in [3.05, 3.63) is 0 Å². The third-order valence-corrected chi connectivity index (χ3v) is 11.5. The Balaban J connectivity index is 1.85. The topological polar surface area (TPSA) is 17.1 Å². The van der Waals surface area contributed by atoms with Crippen molar-refractivity contribution in [1.29, 1.82) is 0 Å². The lowest BCUT2D eigenvalue weighted by Crippen LogP contribution is -2.22. The van der Waals surface area contributed by atoms with Gasteiger partial charge in [0, 0.05) is 0 Å². The van der Waals surface area contributed by atoms with E-state index in [0.717, 1.165) is 0 Å². The summed E-state index contributed by atoms with van der Waals surface area (Å²) in [5, 5.41) is 0. The summed E-state index contributed by atoms with van der Waals surface area (Å²) < 4.78 is 12.9. The lowest BCUT2D eigenvalue weighted by Gasteiger charge is -2.26. The van der Waals surface area contributed by atoms with Crippen LogP contribution in [0, 0.1) is 0 Å². The van der Waals surface area contributed by atoms with Gasteiger partial charge >= 0.3 is 0 Å². The average Bonchev–Trinajstić information content (AvgIpc) is 2.30. The molecular formula is C8H14OS5. The molecule has 2 saturated heterocycles. The molecule has 14 heavy (non-hydrogen) atoms. The molecule has 0 amide bonds. The van der Waals surface area contributed by atoms with Gasteiger partial charge in [-0.15, -0.1) is 47.0 Å². The van der Waals surface area contributed by atoms with Crippen molar-refractivity contribution < 1.29 is 4.21 Å². The summed E-state index contributed by atoms with van der Waals surface area (Å²) in [4.78, 5) is 0. The first-order valence-corrected chi connectivity index (χ1v) is 10.2. The van der Waals surface area contributed by atoms with Gasteiger partial charge in [-0.05, 0) is 35.9 Å². The van der Waals surface area contributed by atoms with E-state index >= 15 is 0 Å². The Morgan fingerprint density at radius 3 is 1.50 bits per heavy atom. The summed E-state index contributed by atoms with van der Waals surface area (Å²) in [6.45, 7) is 0. The average molecular weight is 287 g/mol. The van der Waals surface area contributed by atoms with E-state index in [0.29, 0.717) is 7.83 Å². The van der Waals surface area contributed by atoms with E-state index in [4.69, 9.17) is 0 Å². The molecule has 0 bridgehead atoms. The van der Waals surface area contributed by atoms with Gasteiger partial charge in [0.25, 0.3) is 0 Å². The smallest absolute Gasteiger partial charge is 0.127 e. The molecule has 0 aromatic rings. The first-order chi connectivity index (χ1) is 6.88.